The summed E-state index contributed by atoms with van der Waals surface area (Å²) in [5.41, 5.74) is 6.92. The van der Waals surface area contributed by atoms with Gasteiger partial charge in [0.05, 0.1) is 24.0 Å². The lowest BCUT2D eigenvalue weighted by Crippen LogP contribution is -2.47. The molecule has 1 aromatic carbocycles. The number of benzene rings is 1. The fraction of sp³-hybridized carbons (Fsp3) is 0.400. The van der Waals surface area contributed by atoms with Crippen molar-refractivity contribution in [2.45, 2.75) is 44.1 Å². The molecular weight excluding hydrogens is 330 g/mol. The van der Waals surface area contributed by atoms with Crippen LogP contribution in [0.3, 0.4) is 0 Å². The molecule has 2 aromatic rings. The number of pyridine rings is 1. The number of carbonyl (C=O) groups excluding carboxylic acids is 1. The molecule has 1 aromatic heterocycles. The van der Waals surface area contributed by atoms with E-state index in [1.165, 1.54) is 0 Å². The van der Waals surface area contributed by atoms with Crippen molar-refractivity contribution in [3.8, 4) is 17.4 Å². The first kappa shape index (κ1) is 16.8. The highest BCUT2D eigenvalue weighted by atomic mass is 16.5. The molecule has 1 fully saturated rings. The van der Waals surface area contributed by atoms with Gasteiger partial charge in [-0.1, -0.05) is 13.0 Å². The lowest BCUT2D eigenvalue weighted by Gasteiger charge is -2.21. The van der Waals surface area contributed by atoms with Crippen LogP contribution in [0.2, 0.25) is 0 Å². The maximum Gasteiger partial charge on any atom is 0.244 e. The van der Waals surface area contributed by atoms with Gasteiger partial charge in [-0.15, -0.1) is 0 Å². The smallest absolute Gasteiger partial charge is 0.244 e. The van der Waals surface area contributed by atoms with Crippen LogP contribution in [0.25, 0.3) is 0 Å². The van der Waals surface area contributed by atoms with Crippen LogP contribution in [-0.2, 0) is 10.2 Å². The third-order valence-electron chi connectivity index (χ3n) is 5.34. The van der Waals surface area contributed by atoms with E-state index < -0.39 is 5.54 Å². The van der Waals surface area contributed by atoms with Crippen molar-refractivity contribution in [1.29, 1.82) is 0 Å². The molecule has 26 heavy (non-hydrogen) atoms. The van der Waals surface area contributed by atoms with Crippen molar-refractivity contribution in [2.75, 3.05) is 11.9 Å². The van der Waals surface area contributed by atoms with Crippen molar-refractivity contribution in [3.63, 3.8) is 0 Å². The van der Waals surface area contributed by atoms with E-state index in [-0.39, 0.29) is 11.3 Å². The number of nitrogens with two attached hydrogens (primary N) is 1. The zero-order valence-electron chi connectivity index (χ0n) is 15.0. The second kappa shape index (κ2) is 5.99. The molecule has 3 N–H and O–H groups in total. The minimum atomic E-state index is -0.904. The maximum atomic E-state index is 12.1. The predicted octanol–water partition coefficient (Wildman–Crippen LogP) is 3.36. The molecular formula is C20H23N3O3. The van der Waals surface area contributed by atoms with Gasteiger partial charge < -0.3 is 20.5 Å². The van der Waals surface area contributed by atoms with Crippen LogP contribution in [0, 0.1) is 0 Å². The first-order valence-corrected chi connectivity index (χ1v) is 8.94. The van der Waals surface area contributed by atoms with Crippen LogP contribution >= 0.6 is 0 Å². The molecule has 6 heteroatoms. The number of nitrogens with one attached hydrogen (secondary N) is 1. The molecule has 1 amide bonds. The highest BCUT2D eigenvalue weighted by molar-refractivity contribution is 5.97. The largest absolute Gasteiger partial charge is 0.492 e. The van der Waals surface area contributed by atoms with Gasteiger partial charge in [0, 0.05) is 17.0 Å². The van der Waals surface area contributed by atoms with Gasteiger partial charge in [0.25, 0.3) is 0 Å². The maximum absolute atomic E-state index is 12.1. The lowest BCUT2D eigenvalue weighted by atomic mass is 9.97. The molecule has 4 rings (SSSR count). The molecule has 1 aliphatic heterocycles. The Morgan fingerprint density at radius 3 is 2.85 bits per heavy atom. The molecule has 0 radical (unpaired) electrons. The van der Waals surface area contributed by atoms with Crippen LogP contribution in [0.1, 0.15) is 38.7 Å². The van der Waals surface area contributed by atoms with Crippen LogP contribution in [0.5, 0.6) is 17.4 Å². The number of fused-ring (bicyclic) bond motifs is 2. The fourth-order valence-corrected chi connectivity index (χ4v) is 3.13. The van der Waals surface area contributed by atoms with E-state index in [1.54, 1.807) is 25.3 Å². The summed E-state index contributed by atoms with van der Waals surface area (Å²) >= 11 is 0. The average molecular weight is 353 g/mol. The summed E-state index contributed by atoms with van der Waals surface area (Å²) in [5.74, 6) is 1.95. The summed E-state index contributed by atoms with van der Waals surface area (Å²) in [6.07, 6.45) is 4.39. The highest BCUT2D eigenvalue weighted by Gasteiger charge is 2.52. The van der Waals surface area contributed by atoms with Gasteiger partial charge in [0.1, 0.15) is 11.5 Å². The van der Waals surface area contributed by atoms with Crippen molar-refractivity contribution in [2.24, 2.45) is 5.73 Å². The SMILES string of the molecule is CCC(C)(N)C(=O)Nc1ccc(Oc2cccc3c2C2(CC2)CO3)nc1. The number of hydrogen-bond acceptors (Lipinski definition) is 5. The summed E-state index contributed by atoms with van der Waals surface area (Å²) in [4.78, 5) is 16.4. The Balaban J connectivity index is 1.50. The molecule has 2 heterocycles. The number of amides is 1. The Labute approximate surface area is 152 Å². The number of rotatable bonds is 5. The Bertz CT molecular complexity index is 842. The third-order valence-corrected chi connectivity index (χ3v) is 5.34. The number of aromatic nitrogens is 1. The first-order chi connectivity index (χ1) is 12.4. The van der Waals surface area contributed by atoms with Crippen molar-refractivity contribution in [3.05, 3.63) is 42.1 Å². The Morgan fingerprint density at radius 2 is 2.19 bits per heavy atom. The number of hydrogen-bond donors (Lipinski definition) is 2. The second-order valence-electron chi connectivity index (χ2n) is 7.41. The second-order valence-corrected chi connectivity index (χ2v) is 7.41. The quantitative estimate of drug-likeness (QED) is 0.861. The monoisotopic (exact) mass is 353 g/mol. The van der Waals surface area contributed by atoms with E-state index in [0.29, 0.717) is 18.0 Å². The van der Waals surface area contributed by atoms with Crippen molar-refractivity contribution < 1.29 is 14.3 Å². The van der Waals surface area contributed by atoms with Crippen molar-refractivity contribution >= 4 is 11.6 Å². The van der Waals surface area contributed by atoms with Crippen LogP contribution in [0.15, 0.2) is 36.5 Å². The molecule has 1 aliphatic carbocycles. The van der Waals surface area contributed by atoms with E-state index in [4.69, 9.17) is 15.2 Å². The third kappa shape index (κ3) is 2.90. The topological polar surface area (TPSA) is 86.5 Å². The molecule has 0 saturated heterocycles. The number of anilines is 1. The van der Waals surface area contributed by atoms with Gasteiger partial charge in [-0.05, 0) is 44.4 Å². The van der Waals surface area contributed by atoms with E-state index >= 15 is 0 Å². The van der Waals surface area contributed by atoms with Gasteiger partial charge >= 0.3 is 0 Å². The van der Waals surface area contributed by atoms with E-state index in [9.17, 15) is 4.79 Å². The highest BCUT2D eigenvalue weighted by Crippen LogP contribution is 2.58. The molecule has 136 valence electrons. The Morgan fingerprint density at radius 1 is 1.38 bits per heavy atom. The fourth-order valence-electron chi connectivity index (χ4n) is 3.13. The normalized spacial score (nSPS) is 18.6. The Hall–Kier alpha value is -2.60. The number of nitrogens with zero attached hydrogens (tertiary/aromatic N) is 1. The summed E-state index contributed by atoms with van der Waals surface area (Å²) in [6.45, 7) is 4.32. The lowest BCUT2D eigenvalue weighted by molar-refractivity contribution is -0.120. The van der Waals surface area contributed by atoms with E-state index in [0.717, 1.165) is 36.5 Å². The van der Waals surface area contributed by atoms with Crippen LogP contribution in [-0.4, -0.2) is 23.0 Å². The van der Waals surface area contributed by atoms with E-state index in [2.05, 4.69) is 10.3 Å². The van der Waals surface area contributed by atoms with Gasteiger partial charge in [-0.2, -0.15) is 0 Å². The van der Waals surface area contributed by atoms with Crippen LogP contribution in [0.4, 0.5) is 5.69 Å². The molecule has 1 spiro atoms. The van der Waals surface area contributed by atoms with Gasteiger partial charge in [0.15, 0.2) is 0 Å². The Kier molecular flexibility index (Phi) is 3.88. The predicted molar refractivity (Wildman–Crippen MR) is 98.7 cm³/mol. The van der Waals surface area contributed by atoms with Gasteiger partial charge in [-0.25, -0.2) is 4.98 Å². The van der Waals surface area contributed by atoms with Crippen molar-refractivity contribution in [1.82, 2.24) is 4.98 Å². The minimum Gasteiger partial charge on any atom is -0.492 e. The number of ether oxygens (including phenoxy) is 2. The minimum absolute atomic E-state index is 0.131. The molecule has 1 unspecified atom stereocenters. The first-order valence-electron chi connectivity index (χ1n) is 8.94. The zero-order chi connectivity index (χ0) is 18.4. The molecule has 1 atom stereocenters. The molecule has 2 aliphatic rings. The molecule has 0 bridgehead atoms. The zero-order valence-corrected chi connectivity index (χ0v) is 15.0. The summed E-state index contributed by atoms with van der Waals surface area (Å²) in [5, 5.41) is 2.79. The van der Waals surface area contributed by atoms with E-state index in [1.807, 2.05) is 25.1 Å². The van der Waals surface area contributed by atoms with Gasteiger partial charge in [0.2, 0.25) is 11.8 Å². The average Bonchev–Trinajstić information content (AvgIpc) is 3.32. The standard InChI is InChI=1S/C20H23N3O3/c1-3-19(2,21)18(24)23-13-7-8-16(22-11-13)26-15-6-4-5-14-17(15)20(9-10-20)12-25-14/h4-8,11H,3,9-10,12,21H2,1-2H3,(H,23,24). The van der Waals surface area contributed by atoms with Crippen LogP contribution < -0.4 is 20.5 Å². The number of carbonyl (C=O) groups is 1. The van der Waals surface area contributed by atoms with Gasteiger partial charge in [-0.3, -0.25) is 4.79 Å². The molecule has 6 nitrogen and oxygen atoms in total. The summed E-state index contributed by atoms with van der Waals surface area (Å²) in [7, 11) is 0. The summed E-state index contributed by atoms with van der Waals surface area (Å²) in [6, 6.07) is 9.37. The molecule has 1 saturated carbocycles. The summed E-state index contributed by atoms with van der Waals surface area (Å²) < 4.78 is 11.8.